The summed E-state index contributed by atoms with van der Waals surface area (Å²) in [6.07, 6.45) is 8.62. The highest BCUT2D eigenvalue weighted by atomic mass is 16.5. The molecule has 5 N–H and O–H groups in total. The molecule has 10 nitrogen and oxygen atoms in total. The number of rotatable bonds is 4. The number of carbonyl (C=O) groups is 1. The molecule has 0 unspecified atom stereocenters. The number of ether oxygens (including phenoxy) is 1. The molecule has 0 aromatic carbocycles. The summed E-state index contributed by atoms with van der Waals surface area (Å²) in [5.41, 5.74) is 12.6. The number of carbonyl (C=O) groups excluding carboxylic acids is 1. The summed E-state index contributed by atoms with van der Waals surface area (Å²) in [4.78, 5) is 30.3. The molecule has 2 aromatic heterocycles. The number of nitrogens with zero attached hydrogens (tertiary/aromatic N) is 5. The number of aromatic amines is 1. The maximum atomic E-state index is 11.7. The van der Waals surface area contributed by atoms with E-state index >= 15 is 0 Å². The fraction of sp³-hybridized carbons (Fsp3) is 0.350. The second-order valence-corrected chi connectivity index (χ2v) is 7.35. The minimum Gasteiger partial charge on any atom is -0.488 e. The summed E-state index contributed by atoms with van der Waals surface area (Å²) in [6, 6.07) is 1.41. The lowest BCUT2D eigenvalue weighted by molar-refractivity contribution is -0.684. The van der Waals surface area contributed by atoms with Crippen molar-refractivity contribution in [3.05, 3.63) is 36.3 Å². The molecule has 0 bridgehead atoms. The molecule has 2 aliphatic rings. The van der Waals surface area contributed by atoms with Crippen molar-refractivity contribution in [2.45, 2.75) is 32.5 Å². The molecule has 0 saturated heterocycles. The summed E-state index contributed by atoms with van der Waals surface area (Å²) >= 11 is 0. The Morgan fingerprint density at radius 2 is 2.33 bits per heavy atom. The average Bonchev–Trinajstić information content (AvgIpc) is 3.32. The zero-order valence-corrected chi connectivity index (χ0v) is 16.9. The van der Waals surface area contributed by atoms with Gasteiger partial charge in [0, 0.05) is 24.8 Å². The second-order valence-electron chi connectivity index (χ2n) is 7.35. The molecule has 2 aliphatic heterocycles. The monoisotopic (exact) mass is 409 g/mol. The highest BCUT2D eigenvalue weighted by Crippen LogP contribution is 2.32. The highest BCUT2D eigenvalue weighted by molar-refractivity contribution is 6.01. The van der Waals surface area contributed by atoms with Crippen molar-refractivity contribution >= 4 is 23.9 Å². The Labute approximate surface area is 174 Å². The Hall–Kier alpha value is -3.69. The normalized spacial score (nSPS) is 18.4. The quantitative estimate of drug-likeness (QED) is 0.285. The van der Waals surface area contributed by atoms with Crippen LogP contribution in [0.15, 0.2) is 40.6 Å². The molecule has 30 heavy (non-hydrogen) atoms. The lowest BCUT2D eigenvalue weighted by Gasteiger charge is -2.23. The van der Waals surface area contributed by atoms with Crippen LogP contribution in [0.25, 0.3) is 11.4 Å². The number of aliphatic imine (C=N–C) groups is 2. The van der Waals surface area contributed by atoms with Crippen LogP contribution in [0.3, 0.4) is 0 Å². The third-order valence-corrected chi connectivity index (χ3v) is 4.88. The number of hydrogen-bond acceptors (Lipinski definition) is 5. The minimum atomic E-state index is -0.507. The van der Waals surface area contributed by atoms with Crippen molar-refractivity contribution in [3.8, 4) is 17.1 Å². The van der Waals surface area contributed by atoms with Crippen LogP contribution in [-0.4, -0.2) is 53.3 Å². The van der Waals surface area contributed by atoms with Crippen LogP contribution in [0.2, 0.25) is 0 Å². The van der Waals surface area contributed by atoms with Gasteiger partial charge in [-0.3, -0.25) is 9.79 Å². The van der Waals surface area contributed by atoms with Crippen LogP contribution in [0, 0.1) is 0 Å². The first-order chi connectivity index (χ1) is 14.5. The summed E-state index contributed by atoms with van der Waals surface area (Å²) in [6.45, 7) is 5.66. The van der Waals surface area contributed by atoms with Crippen molar-refractivity contribution in [1.82, 2.24) is 9.97 Å². The number of aromatic nitrogens is 3. The zero-order valence-electron chi connectivity index (χ0n) is 16.9. The first-order valence-corrected chi connectivity index (χ1v) is 9.78. The van der Waals surface area contributed by atoms with E-state index in [9.17, 15) is 4.79 Å². The number of primary amides is 1. The van der Waals surface area contributed by atoms with Crippen LogP contribution in [0.5, 0.6) is 5.75 Å². The molecule has 1 amide bonds. The van der Waals surface area contributed by atoms with Crippen molar-refractivity contribution < 1.29 is 14.1 Å². The van der Waals surface area contributed by atoms with Gasteiger partial charge in [-0.15, -0.1) is 0 Å². The van der Waals surface area contributed by atoms with Gasteiger partial charge in [0.15, 0.2) is 0 Å². The van der Waals surface area contributed by atoms with Crippen molar-refractivity contribution in [2.24, 2.45) is 21.5 Å². The SMILES string of the molecule is CC(C)N=C(N=CN)c1c[n+]2c([nH]1)-c1cnc(N3CC=C[C@H]3C(N)=O)cc1OCC2. The molecule has 4 heterocycles. The van der Waals surface area contributed by atoms with Crippen LogP contribution in [0.4, 0.5) is 5.82 Å². The van der Waals surface area contributed by atoms with Crippen molar-refractivity contribution in [2.75, 3.05) is 18.1 Å². The maximum absolute atomic E-state index is 11.7. The third kappa shape index (κ3) is 3.63. The van der Waals surface area contributed by atoms with E-state index < -0.39 is 11.9 Å². The second kappa shape index (κ2) is 7.97. The number of H-pyrrole nitrogens is 1. The number of nitrogens with two attached hydrogens (primary N) is 2. The predicted molar refractivity (Wildman–Crippen MR) is 114 cm³/mol. The van der Waals surface area contributed by atoms with Crippen molar-refractivity contribution in [1.29, 1.82) is 0 Å². The molecule has 10 heteroatoms. The van der Waals surface area contributed by atoms with E-state index in [0.717, 1.165) is 17.1 Å². The highest BCUT2D eigenvalue weighted by Gasteiger charge is 2.30. The first-order valence-electron chi connectivity index (χ1n) is 9.78. The Kier molecular flexibility index (Phi) is 5.21. The number of imidazole rings is 1. The molecular formula is C20H25N8O2+. The van der Waals surface area contributed by atoms with E-state index in [2.05, 4.69) is 20.0 Å². The van der Waals surface area contributed by atoms with Crippen LogP contribution in [-0.2, 0) is 11.3 Å². The molecule has 4 rings (SSSR count). The summed E-state index contributed by atoms with van der Waals surface area (Å²) in [5, 5.41) is 0. The zero-order chi connectivity index (χ0) is 21.3. The fourth-order valence-electron chi connectivity index (χ4n) is 3.59. The van der Waals surface area contributed by atoms with E-state index in [4.69, 9.17) is 16.2 Å². The molecule has 0 spiro atoms. The van der Waals surface area contributed by atoms with Gasteiger partial charge < -0.3 is 21.1 Å². The molecule has 156 valence electrons. The van der Waals surface area contributed by atoms with Crippen molar-refractivity contribution in [3.63, 3.8) is 0 Å². The molecule has 0 radical (unpaired) electrons. The summed E-state index contributed by atoms with van der Waals surface area (Å²) < 4.78 is 8.02. The minimum absolute atomic E-state index is 0.0731. The number of nitrogens with one attached hydrogen (secondary N) is 1. The largest absolute Gasteiger partial charge is 0.488 e. The van der Waals surface area contributed by atoms with E-state index in [0.29, 0.717) is 37.1 Å². The number of fused-ring (bicyclic) bond motifs is 3. The molecule has 2 aromatic rings. The molecule has 0 aliphatic carbocycles. The average molecular weight is 409 g/mol. The van der Waals surface area contributed by atoms with Crippen LogP contribution >= 0.6 is 0 Å². The van der Waals surface area contributed by atoms with Crippen LogP contribution < -0.4 is 25.7 Å². The fourth-order valence-corrected chi connectivity index (χ4v) is 3.59. The van der Waals surface area contributed by atoms with E-state index in [1.54, 1.807) is 12.3 Å². The predicted octanol–water partition coefficient (Wildman–Crippen LogP) is 0.129. The third-order valence-electron chi connectivity index (χ3n) is 4.88. The lowest BCUT2D eigenvalue weighted by atomic mass is 10.2. The molecular weight excluding hydrogens is 384 g/mol. The standard InChI is InChI=1S/C20H24N8O2/c1-12(2)25-19(24-11-21)14-10-27-6-7-30-16-8-17(23-9-13(16)20(27)26-14)28-5-3-4-15(28)18(22)29/h3-4,8-12,15H,5-7H2,1-2H3,(H4,21,22,24,25,29)/p+1/t15-/m0/s1. The lowest BCUT2D eigenvalue weighted by Crippen LogP contribution is -2.41. The first kappa shape index (κ1) is 19.6. The number of anilines is 1. The van der Waals surface area contributed by atoms with Gasteiger partial charge in [-0.2, -0.15) is 0 Å². The molecule has 0 saturated carbocycles. The maximum Gasteiger partial charge on any atom is 0.292 e. The number of hydrogen-bond donors (Lipinski definition) is 3. The van der Waals surface area contributed by atoms with Crippen LogP contribution in [0.1, 0.15) is 19.5 Å². The topological polar surface area (TPSA) is 139 Å². The van der Waals surface area contributed by atoms with E-state index in [1.807, 2.05) is 41.7 Å². The smallest absolute Gasteiger partial charge is 0.292 e. The Bertz CT molecular complexity index is 1050. The Morgan fingerprint density at radius 3 is 3.07 bits per heavy atom. The number of amides is 1. The van der Waals surface area contributed by atoms with Gasteiger partial charge in [0.25, 0.3) is 5.82 Å². The van der Waals surface area contributed by atoms with E-state index in [-0.39, 0.29) is 6.04 Å². The van der Waals surface area contributed by atoms with Gasteiger partial charge in [0.2, 0.25) is 17.4 Å². The number of amidine groups is 1. The number of pyridine rings is 1. The van der Waals surface area contributed by atoms with E-state index in [1.165, 1.54) is 6.34 Å². The van der Waals surface area contributed by atoms with Gasteiger partial charge in [-0.1, -0.05) is 12.2 Å². The van der Waals surface area contributed by atoms with Gasteiger partial charge in [-0.25, -0.2) is 19.5 Å². The molecule has 0 fully saturated rings. The summed E-state index contributed by atoms with van der Waals surface area (Å²) in [7, 11) is 0. The van der Waals surface area contributed by atoms with Gasteiger partial charge >= 0.3 is 0 Å². The Morgan fingerprint density at radius 1 is 1.50 bits per heavy atom. The Balaban J connectivity index is 1.73. The van der Waals surface area contributed by atoms with Gasteiger partial charge in [-0.05, 0) is 13.8 Å². The van der Waals surface area contributed by atoms with Gasteiger partial charge in [0.1, 0.15) is 42.5 Å². The van der Waals surface area contributed by atoms with Gasteiger partial charge in [0.05, 0.1) is 6.34 Å². The summed E-state index contributed by atoms with van der Waals surface area (Å²) in [5.74, 6) is 2.28. The molecule has 1 atom stereocenters.